The summed E-state index contributed by atoms with van der Waals surface area (Å²) < 4.78 is 5.06. The molecule has 0 aromatic carbocycles. The van der Waals surface area contributed by atoms with Gasteiger partial charge in [-0.25, -0.2) is 4.79 Å². The molecule has 0 aliphatic heterocycles. The molecule has 1 atom stereocenters. The third kappa shape index (κ3) is 3.61. The van der Waals surface area contributed by atoms with Crippen LogP contribution in [0.5, 0.6) is 0 Å². The van der Waals surface area contributed by atoms with E-state index in [1.165, 1.54) is 0 Å². The predicted octanol–water partition coefficient (Wildman–Crippen LogP) is 3.02. The molecule has 1 aromatic rings. The molecule has 0 radical (unpaired) electrons. The van der Waals surface area contributed by atoms with Crippen molar-refractivity contribution in [2.24, 2.45) is 0 Å². The predicted molar refractivity (Wildman–Crippen MR) is 71.7 cm³/mol. The number of nitrogens with one attached hydrogen (secondary N) is 2. The summed E-state index contributed by atoms with van der Waals surface area (Å²) in [5.41, 5.74) is 1.43. The first-order valence-corrected chi connectivity index (χ1v) is 6.25. The Morgan fingerprint density at radius 2 is 2.28 bits per heavy atom. The number of carbonyl (C=O) groups is 1. The highest BCUT2D eigenvalue weighted by atomic mass is 16.5. The first-order valence-electron chi connectivity index (χ1n) is 6.25. The zero-order chi connectivity index (χ0) is 13.5. The van der Waals surface area contributed by atoms with Crippen LogP contribution in [0, 0.1) is 6.92 Å². The summed E-state index contributed by atoms with van der Waals surface area (Å²) in [6.07, 6.45) is 4.14. The van der Waals surface area contributed by atoms with E-state index in [1.807, 2.05) is 13.8 Å². The molecule has 1 unspecified atom stereocenters. The molecule has 0 aliphatic rings. The fourth-order valence-electron chi connectivity index (χ4n) is 1.68. The van der Waals surface area contributed by atoms with Gasteiger partial charge in [0.1, 0.15) is 11.4 Å². The van der Waals surface area contributed by atoms with Crippen LogP contribution in [-0.4, -0.2) is 17.2 Å². The van der Waals surface area contributed by atoms with E-state index in [9.17, 15) is 4.79 Å². The monoisotopic (exact) mass is 251 g/mol. The van der Waals surface area contributed by atoms with Gasteiger partial charge in [0.05, 0.1) is 0 Å². The van der Waals surface area contributed by atoms with E-state index in [4.69, 9.17) is 4.52 Å². The van der Waals surface area contributed by atoms with Crippen molar-refractivity contribution in [2.75, 3.05) is 5.32 Å². The van der Waals surface area contributed by atoms with Gasteiger partial charge in [-0.2, -0.15) is 0 Å². The van der Waals surface area contributed by atoms with E-state index in [1.54, 1.807) is 13.0 Å². The highest BCUT2D eigenvalue weighted by Gasteiger charge is 2.15. The third-order valence-corrected chi connectivity index (χ3v) is 2.79. The van der Waals surface area contributed by atoms with Crippen LogP contribution in [0.3, 0.4) is 0 Å². The van der Waals surface area contributed by atoms with Crippen LogP contribution in [0.2, 0.25) is 0 Å². The van der Waals surface area contributed by atoms with Gasteiger partial charge in [-0.15, -0.1) is 6.58 Å². The molecule has 1 rings (SSSR count). The quantitative estimate of drug-likeness (QED) is 0.764. The maximum absolute atomic E-state index is 11.8. The van der Waals surface area contributed by atoms with Gasteiger partial charge in [-0.3, -0.25) is 0 Å². The van der Waals surface area contributed by atoms with Crippen molar-refractivity contribution in [3.63, 3.8) is 0 Å². The van der Waals surface area contributed by atoms with Gasteiger partial charge in [-0.1, -0.05) is 25.1 Å². The van der Waals surface area contributed by atoms with Gasteiger partial charge in [0.2, 0.25) is 0 Å². The number of hydrogen-bond donors (Lipinski definition) is 2. The zero-order valence-corrected chi connectivity index (χ0v) is 11.2. The average molecular weight is 251 g/mol. The Kier molecular flexibility index (Phi) is 5.42. The standard InChI is InChI=1S/C13H21N3O2/c1-5-8-10(6-2)14-13(17)15-12-9(4)18-16-11(12)7-3/h5,10H,1,6-8H2,2-4H3,(H2,14,15,17). The fourth-order valence-corrected chi connectivity index (χ4v) is 1.68. The van der Waals surface area contributed by atoms with Crippen LogP contribution in [0.1, 0.15) is 38.1 Å². The number of rotatable bonds is 6. The molecular weight excluding hydrogens is 230 g/mol. The Morgan fingerprint density at radius 1 is 1.56 bits per heavy atom. The summed E-state index contributed by atoms with van der Waals surface area (Å²) in [5, 5.41) is 9.58. The number of urea groups is 1. The highest BCUT2D eigenvalue weighted by molar-refractivity contribution is 5.90. The molecule has 0 saturated heterocycles. The van der Waals surface area contributed by atoms with E-state index in [0.717, 1.165) is 25.0 Å². The van der Waals surface area contributed by atoms with E-state index < -0.39 is 0 Å². The summed E-state index contributed by atoms with van der Waals surface area (Å²) in [6, 6.07) is -0.127. The van der Waals surface area contributed by atoms with Crippen molar-refractivity contribution < 1.29 is 9.32 Å². The van der Waals surface area contributed by atoms with Crippen molar-refractivity contribution in [2.45, 2.75) is 46.1 Å². The van der Waals surface area contributed by atoms with Crippen molar-refractivity contribution >= 4 is 11.7 Å². The lowest BCUT2D eigenvalue weighted by molar-refractivity contribution is 0.248. The molecule has 1 heterocycles. The number of aromatic nitrogens is 1. The van der Waals surface area contributed by atoms with Crippen LogP contribution in [-0.2, 0) is 6.42 Å². The summed E-state index contributed by atoms with van der Waals surface area (Å²) in [7, 11) is 0. The van der Waals surface area contributed by atoms with E-state index in [-0.39, 0.29) is 12.1 Å². The minimum atomic E-state index is -0.232. The molecule has 0 bridgehead atoms. The Balaban J connectivity index is 2.63. The number of nitrogens with zero attached hydrogens (tertiary/aromatic N) is 1. The minimum absolute atomic E-state index is 0.104. The number of anilines is 1. The van der Waals surface area contributed by atoms with Gasteiger partial charge >= 0.3 is 6.03 Å². The molecule has 100 valence electrons. The van der Waals surface area contributed by atoms with Crippen LogP contribution in [0.25, 0.3) is 0 Å². The largest absolute Gasteiger partial charge is 0.359 e. The summed E-state index contributed by atoms with van der Waals surface area (Å²) in [6.45, 7) is 9.45. The van der Waals surface area contributed by atoms with Gasteiger partial charge in [0.15, 0.2) is 5.76 Å². The molecule has 5 nitrogen and oxygen atoms in total. The maximum Gasteiger partial charge on any atom is 0.319 e. The van der Waals surface area contributed by atoms with Crippen molar-refractivity contribution in [3.8, 4) is 0 Å². The third-order valence-electron chi connectivity index (χ3n) is 2.79. The normalized spacial score (nSPS) is 11.9. The van der Waals surface area contributed by atoms with Crippen molar-refractivity contribution in [1.82, 2.24) is 10.5 Å². The highest BCUT2D eigenvalue weighted by Crippen LogP contribution is 2.20. The molecule has 1 aromatic heterocycles. The van der Waals surface area contributed by atoms with E-state index in [0.29, 0.717) is 11.4 Å². The van der Waals surface area contributed by atoms with Gasteiger partial charge in [0, 0.05) is 6.04 Å². The fraction of sp³-hybridized carbons (Fsp3) is 0.538. The SMILES string of the molecule is C=CCC(CC)NC(=O)Nc1c(CC)noc1C. The van der Waals surface area contributed by atoms with Crippen LogP contribution in [0.15, 0.2) is 17.2 Å². The number of hydrogen-bond acceptors (Lipinski definition) is 3. The van der Waals surface area contributed by atoms with Gasteiger partial charge in [0.25, 0.3) is 0 Å². The summed E-state index contributed by atoms with van der Waals surface area (Å²) in [5.74, 6) is 0.624. The van der Waals surface area contributed by atoms with Crippen LogP contribution >= 0.6 is 0 Å². The smallest absolute Gasteiger partial charge is 0.319 e. The lowest BCUT2D eigenvalue weighted by Crippen LogP contribution is -2.37. The Morgan fingerprint density at radius 3 is 2.83 bits per heavy atom. The lowest BCUT2D eigenvalue weighted by atomic mass is 10.1. The van der Waals surface area contributed by atoms with E-state index in [2.05, 4.69) is 22.4 Å². The molecule has 0 spiro atoms. The molecule has 2 N–H and O–H groups in total. The molecule has 18 heavy (non-hydrogen) atoms. The molecule has 0 fully saturated rings. The number of amides is 2. The Labute approximate surface area is 108 Å². The van der Waals surface area contributed by atoms with E-state index >= 15 is 0 Å². The van der Waals surface area contributed by atoms with Crippen LogP contribution < -0.4 is 10.6 Å². The zero-order valence-electron chi connectivity index (χ0n) is 11.2. The second-order valence-corrected chi connectivity index (χ2v) is 4.14. The molecule has 5 heteroatoms. The summed E-state index contributed by atoms with van der Waals surface area (Å²) in [4.78, 5) is 11.8. The van der Waals surface area contributed by atoms with Crippen molar-refractivity contribution in [1.29, 1.82) is 0 Å². The molecule has 0 saturated carbocycles. The second-order valence-electron chi connectivity index (χ2n) is 4.14. The molecule has 0 aliphatic carbocycles. The van der Waals surface area contributed by atoms with Gasteiger partial charge in [-0.05, 0) is 26.2 Å². The topological polar surface area (TPSA) is 67.2 Å². The average Bonchev–Trinajstić information content (AvgIpc) is 2.70. The van der Waals surface area contributed by atoms with Crippen LogP contribution in [0.4, 0.5) is 10.5 Å². The second kappa shape index (κ2) is 6.83. The number of aryl methyl sites for hydroxylation is 2. The Bertz CT molecular complexity index is 412. The first kappa shape index (κ1) is 14.3. The first-order chi connectivity index (χ1) is 8.62. The summed E-state index contributed by atoms with van der Waals surface area (Å²) >= 11 is 0. The number of carbonyl (C=O) groups excluding carboxylic acids is 1. The molecule has 2 amide bonds. The van der Waals surface area contributed by atoms with Gasteiger partial charge < -0.3 is 15.2 Å². The minimum Gasteiger partial charge on any atom is -0.359 e. The Hall–Kier alpha value is -1.78. The lowest BCUT2D eigenvalue weighted by Gasteiger charge is -2.15. The maximum atomic E-state index is 11.8. The molecular formula is C13H21N3O2. The van der Waals surface area contributed by atoms with Crippen molar-refractivity contribution in [3.05, 3.63) is 24.1 Å².